The molecule has 0 heterocycles. The van der Waals surface area contributed by atoms with Crippen LogP contribution in [0.5, 0.6) is 0 Å². The second-order valence-corrected chi connectivity index (χ2v) is 9.50. The average Bonchev–Trinajstić information content (AvgIpc) is 3.42. The highest BCUT2D eigenvalue weighted by Crippen LogP contribution is 2.34. The Morgan fingerprint density at radius 2 is 1.93 bits per heavy atom. The molecule has 1 unspecified atom stereocenters. The number of carbonyl (C=O) groups excluding carboxylic acids is 1. The van der Waals surface area contributed by atoms with Gasteiger partial charge in [0.1, 0.15) is 0 Å². The smallest absolute Gasteiger partial charge is 0.232 e. The van der Waals surface area contributed by atoms with Gasteiger partial charge in [0.25, 0.3) is 0 Å². The number of nitrogens with zero attached hydrogens (tertiary/aromatic N) is 2. The summed E-state index contributed by atoms with van der Waals surface area (Å²) >= 11 is 0. The zero-order valence-corrected chi connectivity index (χ0v) is 18.0. The number of hydrogen-bond donors (Lipinski definition) is 1. The van der Waals surface area contributed by atoms with Gasteiger partial charge >= 0.3 is 0 Å². The summed E-state index contributed by atoms with van der Waals surface area (Å²) < 4.78 is 26.9. The van der Waals surface area contributed by atoms with E-state index < -0.39 is 10.0 Å². The fraction of sp³-hybridized carbons (Fsp3) is 0.650. The van der Waals surface area contributed by atoms with Crippen molar-refractivity contribution in [2.75, 3.05) is 29.5 Å². The molecule has 7 heteroatoms. The molecule has 27 heavy (non-hydrogen) atoms. The molecule has 0 radical (unpaired) electrons. The van der Waals surface area contributed by atoms with Crippen LogP contribution in [0.2, 0.25) is 0 Å². The van der Waals surface area contributed by atoms with E-state index in [0.717, 1.165) is 30.5 Å². The molecule has 1 aliphatic carbocycles. The maximum atomic E-state index is 12.8. The first-order valence-electron chi connectivity index (χ1n) is 9.79. The molecular formula is C20H33N3O3S. The van der Waals surface area contributed by atoms with Crippen molar-refractivity contribution in [2.45, 2.75) is 59.0 Å². The Bertz CT molecular complexity index is 758. The topological polar surface area (TPSA) is 69.7 Å². The second kappa shape index (κ2) is 8.95. The van der Waals surface area contributed by atoms with Gasteiger partial charge in [-0.05, 0) is 56.4 Å². The summed E-state index contributed by atoms with van der Waals surface area (Å²) in [5, 5.41) is 0. The monoisotopic (exact) mass is 395 g/mol. The molecule has 0 aromatic heterocycles. The van der Waals surface area contributed by atoms with E-state index in [1.54, 1.807) is 6.07 Å². The Hall–Kier alpha value is -1.76. The third-order valence-corrected chi connectivity index (χ3v) is 6.47. The normalized spacial score (nSPS) is 15.3. The summed E-state index contributed by atoms with van der Waals surface area (Å²) in [6.45, 7) is 6.48. The summed E-state index contributed by atoms with van der Waals surface area (Å²) in [4.78, 5) is 16.7. The number of anilines is 2. The van der Waals surface area contributed by atoms with Crippen molar-refractivity contribution in [2.24, 2.45) is 5.92 Å². The van der Waals surface area contributed by atoms with Crippen LogP contribution in [0.15, 0.2) is 18.2 Å². The van der Waals surface area contributed by atoms with E-state index in [-0.39, 0.29) is 23.6 Å². The molecule has 1 amide bonds. The van der Waals surface area contributed by atoms with Crippen molar-refractivity contribution in [1.29, 1.82) is 0 Å². The molecule has 1 atom stereocenters. The van der Waals surface area contributed by atoms with Crippen molar-refractivity contribution in [3.8, 4) is 0 Å². The maximum absolute atomic E-state index is 12.8. The van der Waals surface area contributed by atoms with Crippen LogP contribution in [0, 0.1) is 5.92 Å². The molecule has 1 fully saturated rings. The van der Waals surface area contributed by atoms with E-state index in [4.69, 9.17) is 0 Å². The Morgan fingerprint density at radius 3 is 2.44 bits per heavy atom. The van der Waals surface area contributed by atoms with E-state index in [1.165, 1.54) is 0 Å². The second-order valence-electron chi connectivity index (χ2n) is 7.66. The van der Waals surface area contributed by atoms with Crippen LogP contribution in [-0.4, -0.2) is 45.1 Å². The van der Waals surface area contributed by atoms with Crippen molar-refractivity contribution < 1.29 is 13.2 Å². The zero-order chi connectivity index (χ0) is 20.2. The summed E-state index contributed by atoms with van der Waals surface area (Å²) in [6.07, 6.45) is 3.40. The number of rotatable bonds is 10. The van der Waals surface area contributed by atoms with Crippen molar-refractivity contribution >= 4 is 27.3 Å². The first-order chi connectivity index (χ1) is 12.7. The van der Waals surface area contributed by atoms with Crippen molar-refractivity contribution in [3.05, 3.63) is 23.8 Å². The molecule has 0 spiro atoms. The average molecular weight is 396 g/mol. The third-order valence-electron chi connectivity index (χ3n) is 4.98. The lowest BCUT2D eigenvalue weighted by atomic mass is 10.1. The molecular weight excluding hydrogens is 362 g/mol. The molecule has 0 saturated heterocycles. The quantitative estimate of drug-likeness (QED) is 0.659. The minimum absolute atomic E-state index is 0.0942. The summed E-state index contributed by atoms with van der Waals surface area (Å²) in [5.41, 5.74) is 2.49. The number of sulfonamides is 1. The van der Waals surface area contributed by atoms with Gasteiger partial charge in [0.05, 0.1) is 5.75 Å². The minimum Gasteiger partial charge on any atom is -0.377 e. The number of carbonyl (C=O) groups is 1. The summed E-state index contributed by atoms with van der Waals surface area (Å²) in [6, 6.07) is 5.70. The van der Waals surface area contributed by atoms with Crippen molar-refractivity contribution in [3.63, 3.8) is 0 Å². The highest BCUT2D eigenvalue weighted by Gasteiger charge is 2.35. The molecule has 2 rings (SSSR count). The van der Waals surface area contributed by atoms with E-state index in [9.17, 15) is 13.2 Å². The first kappa shape index (κ1) is 21.5. The van der Waals surface area contributed by atoms with Crippen LogP contribution in [0.3, 0.4) is 0 Å². The zero-order valence-electron chi connectivity index (χ0n) is 17.2. The van der Waals surface area contributed by atoms with E-state index >= 15 is 0 Å². The Balaban J connectivity index is 2.33. The largest absolute Gasteiger partial charge is 0.377 e. The fourth-order valence-corrected chi connectivity index (χ4v) is 4.26. The van der Waals surface area contributed by atoms with Crippen molar-refractivity contribution in [1.82, 2.24) is 4.90 Å². The summed E-state index contributed by atoms with van der Waals surface area (Å²) in [7, 11) is 0.561. The predicted octanol–water partition coefficient (Wildman–Crippen LogP) is 3.44. The van der Waals surface area contributed by atoms with Gasteiger partial charge in [-0.2, -0.15) is 0 Å². The van der Waals surface area contributed by atoms with Gasteiger partial charge in [0.2, 0.25) is 15.9 Å². The van der Waals surface area contributed by atoms with E-state index in [1.807, 2.05) is 43.0 Å². The van der Waals surface area contributed by atoms with Gasteiger partial charge in [-0.1, -0.05) is 13.8 Å². The highest BCUT2D eigenvalue weighted by atomic mass is 32.2. The van der Waals surface area contributed by atoms with Crippen LogP contribution >= 0.6 is 0 Å². The lowest BCUT2D eigenvalue weighted by molar-refractivity contribution is -0.135. The number of benzene rings is 1. The molecule has 152 valence electrons. The molecule has 1 aliphatic rings. The van der Waals surface area contributed by atoms with Crippen LogP contribution in [-0.2, 0) is 21.4 Å². The SMILES string of the molecule is CCCS(=O)(=O)Nc1ccc(N(C)C)c(CN(C(=O)C2CC2)C(C)CC)c1. The molecule has 1 N–H and O–H groups in total. The van der Waals surface area contributed by atoms with Gasteiger partial charge in [-0.25, -0.2) is 8.42 Å². The molecule has 1 saturated carbocycles. The van der Waals surface area contributed by atoms with Crippen LogP contribution in [0.1, 0.15) is 52.0 Å². The highest BCUT2D eigenvalue weighted by molar-refractivity contribution is 7.92. The maximum Gasteiger partial charge on any atom is 0.232 e. The van der Waals surface area contributed by atoms with E-state index in [2.05, 4.69) is 18.6 Å². The standard InChI is InChI=1S/C20H33N3O3S/c1-6-12-27(25,26)21-18-10-11-19(22(4)5)17(13-18)14-23(15(3)7-2)20(24)16-8-9-16/h10-11,13,15-16,21H,6-9,12,14H2,1-5H3. The van der Waals surface area contributed by atoms with E-state index in [0.29, 0.717) is 18.7 Å². The Kier molecular flexibility index (Phi) is 7.14. The minimum atomic E-state index is -3.35. The molecule has 0 aliphatic heterocycles. The van der Waals surface area contributed by atoms with Gasteiger partial charge in [-0.15, -0.1) is 0 Å². The van der Waals surface area contributed by atoms with Crippen LogP contribution in [0.25, 0.3) is 0 Å². The summed E-state index contributed by atoms with van der Waals surface area (Å²) in [5.74, 6) is 0.468. The van der Waals surface area contributed by atoms with Crippen LogP contribution in [0.4, 0.5) is 11.4 Å². The number of amides is 1. The molecule has 1 aromatic carbocycles. The van der Waals surface area contributed by atoms with Crippen LogP contribution < -0.4 is 9.62 Å². The van der Waals surface area contributed by atoms with Gasteiger partial charge in [0.15, 0.2) is 0 Å². The number of hydrogen-bond acceptors (Lipinski definition) is 4. The first-order valence-corrected chi connectivity index (χ1v) is 11.4. The lowest BCUT2D eigenvalue weighted by Gasteiger charge is -2.31. The Morgan fingerprint density at radius 1 is 1.26 bits per heavy atom. The molecule has 6 nitrogen and oxygen atoms in total. The van der Waals surface area contributed by atoms with Gasteiger partial charge in [0, 0.05) is 44.0 Å². The lowest BCUT2D eigenvalue weighted by Crippen LogP contribution is -2.39. The molecule has 1 aromatic rings. The van der Waals surface area contributed by atoms with Gasteiger partial charge < -0.3 is 9.80 Å². The van der Waals surface area contributed by atoms with Gasteiger partial charge in [-0.3, -0.25) is 9.52 Å². The predicted molar refractivity (Wildman–Crippen MR) is 111 cm³/mol. The number of nitrogens with one attached hydrogen (secondary N) is 1. The molecule has 0 bridgehead atoms. The fourth-order valence-electron chi connectivity index (χ4n) is 3.13. The Labute approximate surface area is 164 Å². The third kappa shape index (κ3) is 5.86.